The van der Waals surface area contributed by atoms with E-state index in [1.165, 1.54) is 0 Å². The predicted octanol–water partition coefficient (Wildman–Crippen LogP) is 4.97. The Morgan fingerprint density at radius 3 is 2.52 bits per heavy atom. The first-order valence-corrected chi connectivity index (χ1v) is 8.77. The standard InChI is InChI=1S/C23H19NO3/c25-23(26)21-9-5-4-8-19(21)15-24-13-12-18-14-20(10-11-22(18)24)27-16-17-6-2-1-3-7-17/h1-14H,15-16H2,(H,25,26). The Bertz CT molecular complexity index is 1080. The largest absolute Gasteiger partial charge is 0.489 e. The van der Waals surface area contributed by atoms with Gasteiger partial charge in [-0.05, 0) is 41.5 Å². The van der Waals surface area contributed by atoms with Crippen LogP contribution in [-0.4, -0.2) is 15.6 Å². The highest BCUT2D eigenvalue weighted by Crippen LogP contribution is 2.24. The SMILES string of the molecule is O=C(O)c1ccccc1Cn1ccc2cc(OCc3ccccc3)ccc21. The van der Waals surface area contributed by atoms with Gasteiger partial charge in [-0.2, -0.15) is 0 Å². The molecule has 1 heterocycles. The molecule has 4 heteroatoms. The Morgan fingerprint density at radius 1 is 0.926 bits per heavy atom. The molecule has 0 spiro atoms. The second-order valence-corrected chi connectivity index (χ2v) is 6.40. The lowest BCUT2D eigenvalue weighted by atomic mass is 10.1. The van der Waals surface area contributed by atoms with E-state index in [-0.39, 0.29) is 0 Å². The second-order valence-electron chi connectivity index (χ2n) is 6.40. The molecular weight excluding hydrogens is 338 g/mol. The van der Waals surface area contributed by atoms with E-state index in [9.17, 15) is 9.90 Å². The molecule has 27 heavy (non-hydrogen) atoms. The minimum atomic E-state index is -0.904. The van der Waals surface area contributed by atoms with Crippen LogP contribution in [0.4, 0.5) is 0 Å². The summed E-state index contributed by atoms with van der Waals surface area (Å²) >= 11 is 0. The Balaban J connectivity index is 1.55. The summed E-state index contributed by atoms with van der Waals surface area (Å²) in [6.45, 7) is 1.04. The van der Waals surface area contributed by atoms with Gasteiger partial charge in [0.05, 0.1) is 5.56 Å². The molecule has 4 aromatic rings. The average molecular weight is 357 g/mol. The van der Waals surface area contributed by atoms with E-state index in [2.05, 4.69) is 4.57 Å². The lowest BCUT2D eigenvalue weighted by Gasteiger charge is -2.10. The van der Waals surface area contributed by atoms with Crippen molar-refractivity contribution in [1.82, 2.24) is 4.57 Å². The van der Waals surface area contributed by atoms with Gasteiger partial charge in [-0.3, -0.25) is 0 Å². The van der Waals surface area contributed by atoms with Crippen molar-refractivity contribution >= 4 is 16.9 Å². The summed E-state index contributed by atoms with van der Waals surface area (Å²) < 4.78 is 7.94. The number of nitrogens with zero attached hydrogens (tertiary/aromatic N) is 1. The van der Waals surface area contributed by atoms with Crippen LogP contribution < -0.4 is 4.74 Å². The van der Waals surface area contributed by atoms with Gasteiger partial charge in [0.25, 0.3) is 0 Å². The van der Waals surface area contributed by atoms with Gasteiger partial charge in [0.15, 0.2) is 0 Å². The molecule has 0 atom stereocenters. The molecule has 4 rings (SSSR count). The monoisotopic (exact) mass is 357 g/mol. The summed E-state index contributed by atoms with van der Waals surface area (Å²) in [5, 5.41) is 10.4. The smallest absolute Gasteiger partial charge is 0.336 e. The number of carboxylic acid groups (broad SMARTS) is 1. The van der Waals surface area contributed by atoms with Crippen molar-refractivity contribution in [3.05, 3.63) is 102 Å². The Morgan fingerprint density at radius 2 is 1.70 bits per heavy atom. The molecule has 1 N–H and O–H groups in total. The number of aromatic nitrogens is 1. The molecule has 0 saturated heterocycles. The van der Waals surface area contributed by atoms with Crippen molar-refractivity contribution in [1.29, 1.82) is 0 Å². The number of ether oxygens (including phenoxy) is 1. The van der Waals surface area contributed by atoms with Crippen molar-refractivity contribution in [2.24, 2.45) is 0 Å². The van der Waals surface area contributed by atoms with E-state index >= 15 is 0 Å². The molecule has 0 unspecified atom stereocenters. The molecule has 1 aromatic heterocycles. The summed E-state index contributed by atoms with van der Waals surface area (Å²) in [6.07, 6.45) is 1.98. The maximum atomic E-state index is 11.4. The molecule has 0 saturated carbocycles. The zero-order valence-electron chi connectivity index (χ0n) is 14.7. The highest BCUT2D eigenvalue weighted by Gasteiger charge is 2.11. The fourth-order valence-corrected chi connectivity index (χ4v) is 3.20. The van der Waals surface area contributed by atoms with Crippen LogP contribution in [0.2, 0.25) is 0 Å². The number of carboxylic acids is 1. The number of benzene rings is 3. The summed E-state index contributed by atoms with van der Waals surface area (Å²) in [5.74, 6) is -0.0892. The molecule has 0 radical (unpaired) electrons. The number of hydrogen-bond donors (Lipinski definition) is 1. The maximum absolute atomic E-state index is 11.4. The van der Waals surface area contributed by atoms with Crippen LogP contribution in [0.3, 0.4) is 0 Å². The van der Waals surface area contributed by atoms with Gasteiger partial charge in [-0.25, -0.2) is 4.79 Å². The molecule has 0 amide bonds. The highest BCUT2D eigenvalue weighted by atomic mass is 16.5. The Hall–Kier alpha value is -3.53. The van der Waals surface area contributed by atoms with Crippen molar-refractivity contribution in [2.75, 3.05) is 0 Å². The van der Waals surface area contributed by atoms with Gasteiger partial charge >= 0.3 is 5.97 Å². The average Bonchev–Trinajstić information content (AvgIpc) is 3.09. The molecule has 0 aliphatic heterocycles. The minimum absolute atomic E-state index is 0.335. The van der Waals surface area contributed by atoms with Crippen molar-refractivity contribution in [3.63, 3.8) is 0 Å². The topological polar surface area (TPSA) is 51.5 Å². The first-order chi connectivity index (χ1) is 13.2. The second kappa shape index (κ2) is 7.38. The fraction of sp³-hybridized carbons (Fsp3) is 0.0870. The zero-order chi connectivity index (χ0) is 18.6. The van der Waals surface area contributed by atoms with E-state index in [1.807, 2.05) is 72.9 Å². The van der Waals surface area contributed by atoms with Gasteiger partial charge in [0.2, 0.25) is 0 Å². The number of aromatic carboxylic acids is 1. The summed E-state index contributed by atoms with van der Waals surface area (Å²) in [7, 11) is 0. The number of rotatable bonds is 6. The zero-order valence-corrected chi connectivity index (χ0v) is 14.7. The first-order valence-electron chi connectivity index (χ1n) is 8.77. The molecule has 0 aliphatic carbocycles. The fourth-order valence-electron chi connectivity index (χ4n) is 3.20. The van der Waals surface area contributed by atoms with Gasteiger partial charge < -0.3 is 14.4 Å². The predicted molar refractivity (Wildman–Crippen MR) is 105 cm³/mol. The third-order valence-corrected chi connectivity index (χ3v) is 4.58. The van der Waals surface area contributed by atoms with Crippen molar-refractivity contribution in [3.8, 4) is 5.75 Å². The van der Waals surface area contributed by atoms with E-state index in [0.717, 1.165) is 27.8 Å². The Labute approximate surface area is 157 Å². The molecule has 0 bridgehead atoms. The van der Waals surface area contributed by atoms with E-state index < -0.39 is 5.97 Å². The molecular formula is C23H19NO3. The normalized spacial score (nSPS) is 10.8. The van der Waals surface area contributed by atoms with Crippen LogP contribution in [0.15, 0.2) is 85.1 Å². The van der Waals surface area contributed by atoms with Gasteiger partial charge in [0.1, 0.15) is 12.4 Å². The number of hydrogen-bond acceptors (Lipinski definition) is 2. The van der Waals surface area contributed by atoms with Crippen LogP contribution in [0.25, 0.3) is 10.9 Å². The van der Waals surface area contributed by atoms with Crippen LogP contribution >= 0.6 is 0 Å². The van der Waals surface area contributed by atoms with E-state index in [0.29, 0.717) is 18.7 Å². The van der Waals surface area contributed by atoms with Gasteiger partial charge in [-0.1, -0.05) is 48.5 Å². The summed E-state index contributed by atoms with van der Waals surface area (Å²) in [6, 6.07) is 25.2. The lowest BCUT2D eigenvalue weighted by molar-refractivity contribution is 0.0695. The molecule has 134 valence electrons. The summed E-state index contributed by atoms with van der Waals surface area (Å²) in [4.78, 5) is 11.4. The number of carbonyl (C=O) groups is 1. The third kappa shape index (κ3) is 3.70. The van der Waals surface area contributed by atoms with E-state index in [1.54, 1.807) is 12.1 Å². The third-order valence-electron chi connectivity index (χ3n) is 4.58. The van der Waals surface area contributed by atoms with Crippen LogP contribution in [0.1, 0.15) is 21.5 Å². The maximum Gasteiger partial charge on any atom is 0.336 e. The Kier molecular flexibility index (Phi) is 4.62. The quantitative estimate of drug-likeness (QED) is 0.530. The van der Waals surface area contributed by atoms with Gasteiger partial charge in [0, 0.05) is 23.6 Å². The first kappa shape index (κ1) is 16.9. The van der Waals surface area contributed by atoms with Crippen LogP contribution in [0.5, 0.6) is 5.75 Å². The minimum Gasteiger partial charge on any atom is -0.489 e. The number of fused-ring (bicyclic) bond motifs is 1. The van der Waals surface area contributed by atoms with Crippen LogP contribution in [0, 0.1) is 0 Å². The molecule has 3 aromatic carbocycles. The molecule has 0 aliphatic rings. The van der Waals surface area contributed by atoms with Crippen molar-refractivity contribution in [2.45, 2.75) is 13.2 Å². The van der Waals surface area contributed by atoms with E-state index in [4.69, 9.17) is 4.74 Å². The van der Waals surface area contributed by atoms with Gasteiger partial charge in [-0.15, -0.1) is 0 Å². The summed E-state index contributed by atoms with van der Waals surface area (Å²) in [5.41, 5.74) is 3.29. The molecule has 4 nitrogen and oxygen atoms in total. The lowest BCUT2D eigenvalue weighted by Crippen LogP contribution is -2.06. The van der Waals surface area contributed by atoms with Crippen LogP contribution in [-0.2, 0) is 13.2 Å². The molecule has 0 fully saturated rings. The van der Waals surface area contributed by atoms with Crippen molar-refractivity contribution < 1.29 is 14.6 Å². The highest BCUT2D eigenvalue weighted by molar-refractivity contribution is 5.89.